The molecule has 0 saturated heterocycles. The lowest BCUT2D eigenvalue weighted by Gasteiger charge is -2.22. The van der Waals surface area contributed by atoms with E-state index < -0.39 is 47.4 Å². The number of hydrogen-bond donors (Lipinski definition) is 1. The van der Waals surface area contributed by atoms with Gasteiger partial charge in [0, 0.05) is 23.9 Å². The fourth-order valence-electron chi connectivity index (χ4n) is 3.08. The van der Waals surface area contributed by atoms with E-state index in [1.807, 2.05) is 0 Å². The maximum atomic E-state index is 13.1. The number of alkyl halides is 6. The predicted molar refractivity (Wildman–Crippen MR) is 104 cm³/mol. The molecule has 0 radical (unpaired) electrons. The molecule has 6 nitrogen and oxygen atoms in total. The number of anilines is 1. The molecule has 2 aromatic rings. The first kappa shape index (κ1) is 24.2. The minimum atomic E-state index is -5.09. The van der Waals surface area contributed by atoms with Crippen molar-refractivity contribution in [3.05, 3.63) is 53.1 Å². The molecule has 0 unspecified atom stereocenters. The van der Waals surface area contributed by atoms with Gasteiger partial charge in [0.05, 0.1) is 11.1 Å². The number of amides is 2. The number of likely N-dealkylation sites (N-methyl/N-ethyl adjacent to an activating group) is 1. The van der Waals surface area contributed by atoms with Crippen molar-refractivity contribution < 1.29 is 45.4 Å². The van der Waals surface area contributed by atoms with E-state index in [0.29, 0.717) is 42.5 Å². The standard InChI is InChI=1S/C21H18F6N2O4/c1-2-29(11-18(30)28-15-3-4-16-17(10-15)33-6-5-32-16)19(31)12-7-13(20(22,23)24)9-14(8-12)21(25,26)27/h3-4,7-10H,2,5-6,11H2,1H3,(H,28,30). The minimum Gasteiger partial charge on any atom is -0.486 e. The van der Waals surface area contributed by atoms with Gasteiger partial charge in [-0.25, -0.2) is 0 Å². The molecule has 0 saturated carbocycles. The van der Waals surface area contributed by atoms with Crippen molar-refractivity contribution in [1.82, 2.24) is 4.90 Å². The van der Waals surface area contributed by atoms with Gasteiger partial charge in [-0.15, -0.1) is 0 Å². The molecular formula is C21H18F6N2O4. The molecule has 0 aromatic heterocycles. The van der Waals surface area contributed by atoms with E-state index in [4.69, 9.17) is 9.47 Å². The Bertz CT molecular complexity index is 1020. The Morgan fingerprint density at radius 3 is 2.03 bits per heavy atom. The molecule has 2 aromatic carbocycles. The molecule has 2 amide bonds. The fraction of sp³-hybridized carbons (Fsp3) is 0.333. The topological polar surface area (TPSA) is 67.9 Å². The smallest absolute Gasteiger partial charge is 0.416 e. The monoisotopic (exact) mass is 476 g/mol. The number of carbonyl (C=O) groups excluding carboxylic acids is 2. The Morgan fingerprint density at radius 1 is 0.909 bits per heavy atom. The highest BCUT2D eigenvalue weighted by Gasteiger charge is 2.38. The first-order chi connectivity index (χ1) is 15.4. The molecule has 12 heteroatoms. The minimum absolute atomic E-state index is 0.0678. The maximum Gasteiger partial charge on any atom is 0.416 e. The van der Waals surface area contributed by atoms with E-state index in [0.717, 1.165) is 4.90 Å². The van der Waals surface area contributed by atoms with Gasteiger partial charge in [0.2, 0.25) is 5.91 Å². The number of carbonyl (C=O) groups is 2. The summed E-state index contributed by atoms with van der Waals surface area (Å²) in [6, 6.07) is 5.17. The van der Waals surface area contributed by atoms with Gasteiger partial charge in [0.1, 0.15) is 19.8 Å². The van der Waals surface area contributed by atoms with Crippen LogP contribution in [0.15, 0.2) is 36.4 Å². The molecule has 178 valence electrons. The van der Waals surface area contributed by atoms with Crippen LogP contribution in [0.2, 0.25) is 0 Å². The molecule has 3 rings (SSSR count). The molecule has 0 fully saturated rings. The Hall–Kier alpha value is -3.44. The Morgan fingerprint density at radius 2 is 1.48 bits per heavy atom. The average Bonchev–Trinajstić information content (AvgIpc) is 2.75. The van der Waals surface area contributed by atoms with Crippen LogP contribution >= 0.6 is 0 Å². The largest absolute Gasteiger partial charge is 0.486 e. The molecule has 0 spiro atoms. The Labute approximate surface area is 184 Å². The van der Waals surface area contributed by atoms with Crippen molar-refractivity contribution in [3.8, 4) is 11.5 Å². The van der Waals surface area contributed by atoms with E-state index >= 15 is 0 Å². The highest BCUT2D eigenvalue weighted by molar-refractivity contribution is 5.99. The molecular weight excluding hydrogens is 458 g/mol. The maximum absolute atomic E-state index is 13.1. The summed E-state index contributed by atoms with van der Waals surface area (Å²) in [5.74, 6) is -0.975. The van der Waals surface area contributed by atoms with Crippen LogP contribution < -0.4 is 14.8 Å². The lowest BCUT2D eigenvalue weighted by molar-refractivity contribution is -0.143. The summed E-state index contributed by atoms with van der Waals surface area (Å²) in [6.45, 7) is 1.40. The van der Waals surface area contributed by atoms with Crippen LogP contribution in [0.5, 0.6) is 11.5 Å². The van der Waals surface area contributed by atoms with Crippen LogP contribution in [0.1, 0.15) is 28.4 Å². The normalized spacial score (nSPS) is 13.4. The summed E-state index contributed by atoms with van der Waals surface area (Å²) in [4.78, 5) is 25.9. The second kappa shape index (κ2) is 9.20. The van der Waals surface area contributed by atoms with Gasteiger partial charge in [-0.2, -0.15) is 26.3 Å². The summed E-state index contributed by atoms with van der Waals surface area (Å²) in [5.41, 5.74) is -3.74. The number of benzene rings is 2. The third-order valence-corrected chi connectivity index (χ3v) is 4.66. The zero-order valence-electron chi connectivity index (χ0n) is 17.1. The lowest BCUT2D eigenvalue weighted by atomic mass is 10.0. The van der Waals surface area contributed by atoms with Gasteiger partial charge in [0.25, 0.3) is 5.91 Å². The molecule has 0 aliphatic carbocycles. The summed E-state index contributed by atoms with van der Waals surface area (Å²) in [7, 11) is 0. The number of ether oxygens (including phenoxy) is 2. The van der Waals surface area contributed by atoms with Crippen LogP contribution in [-0.4, -0.2) is 43.0 Å². The predicted octanol–water partition coefficient (Wildman–Crippen LogP) is 4.60. The summed E-state index contributed by atoms with van der Waals surface area (Å²) in [5, 5.41) is 2.51. The van der Waals surface area contributed by atoms with Crippen LogP contribution in [0.25, 0.3) is 0 Å². The molecule has 33 heavy (non-hydrogen) atoms. The van der Waals surface area contributed by atoms with Crippen molar-refractivity contribution in [2.75, 3.05) is 31.6 Å². The molecule has 1 aliphatic rings. The summed E-state index contributed by atoms with van der Waals surface area (Å²) >= 11 is 0. The molecule has 0 bridgehead atoms. The number of rotatable bonds is 5. The van der Waals surface area contributed by atoms with E-state index in [2.05, 4.69) is 5.32 Å². The van der Waals surface area contributed by atoms with Crippen LogP contribution in [0, 0.1) is 0 Å². The van der Waals surface area contributed by atoms with E-state index in [1.165, 1.54) is 19.1 Å². The van der Waals surface area contributed by atoms with Gasteiger partial charge >= 0.3 is 12.4 Å². The molecule has 1 N–H and O–H groups in total. The first-order valence-corrected chi connectivity index (χ1v) is 9.66. The second-order valence-corrected chi connectivity index (χ2v) is 7.02. The third-order valence-electron chi connectivity index (χ3n) is 4.66. The fourth-order valence-corrected chi connectivity index (χ4v) is 3.08. The molecule has 1 heterocycles. The quantitative estimate of drug-likeness (QED) is 0.641. The van der Waals surface area contributed by atoms with Gasteiger partial charge in [0.15, 0.2) is 11.5 Å². The summed E-state index contributed by atoms with van der Waals surface area (Å²) < 4.78 is 89.2. The Balaban J connectivity index is 1.79. The van der Waals surface area contributed by atoms with Crippen molar-refractivity contribution in [3.63, 3.8) is 0 Å². The number of nitrogens with zero attached hydrogens (tertiary/aromatic N) is 1. The van der Waals surface area contributed by atoms with Crippen LogP contribution in [0.4, 0.5) is 32.0 Å². The van der Waals surface area contributed by atoms with Gasteiger partial charge in [-0.1, -0.05) is 0 Å². The highest BCUT2D eigenvalue weighted by Crippen LogP contribution is 2.36. The highest BCUT2D eigenvalue weighted by atomic mass is 19.4. The number of nitrogens with one attached hydrogen (secondary N) is 1. The van der Waals surface area contributed by atoms with E-state index in [9.17, 15) is 35.9 Å². The van der Waals surface area contributed by atoms with Crippen molar-refractivity contribution in [2.45, 2.75) is 19.3 Å². The SMILES string of the molecule is CCN(CC(=O)Nc1ccc2c(c1)OCCO2)C(=O)c1cc(C(F)(F)F)cc(C(F)(F)F)c1. The second-order valence-electron chi connectivity index (χ2n) is 7.02. The first-order valence-electron chi connectivity index (χ1n) is 9.66. The average molecular weight is 476 g/mol. The zero-order chi connectivity index (χ0) is 24.4. The number of halogens is 6. The van der Waals surface area contributed by atoms with E-state index in [-0.39, 0.29) is 12.6 Å². The van der Waals surface area contributed by atoms with Crippen molar-refractivity contribution >= 4 is 17.5 Å². The summed E-state index contributed by atoms with van der Waals surface area (Å²) in [6.07, 6.45) is -10.2. The van der Waals surface area contributed by atoms with Gasteiger partial charge in [-0.3, -0.25) is 9.59 Å². The van der Waals surface area contributed by atoms with E-state index in [1.54, 1.807) is 6.07 Å². The van der Waals surface area contributed by atoms with Gasteiger partial charge in [-0.05, 0) is 37.3 Å². The lowest BCUT2D eigenvalue weighted by Crippen LogP contribution is -2.38. The van der Waals surface area contributed by atoms with Crippen LogP contribution in [-0.2, 0) is 17.1 Å². The third kappa shape index (κ3) is 5.88. The van der Waals surface area contributed by atoms with Crippen molar-refractivity contribution in [2.24, 2.45) is 0 Å². The number of fused-ring (bicyclic) bond motifs is 1. The molecule has 0 atom stereocenters. The Kier molecular flexibility index (Phi) is 6.75. The number of hydrogen-bond acceptors (Lipinski definition) is 4. The van der Waals surface area contributed by atoms with Crippen molar-refractivity contribution in [1.29, 1.82) is 0 Å². The van der Waals surface area contributed by atoms with Gasteiger partial charge < -0.3 is 19.7 Å². The molecule has 1 aliphatic heterocycles. The van der Waals surface area contributed by atoms with Crippen LogP contribution in [0.3, 0.4) is 0 Å². The zero-order valence-corrected chi connectivity index (χ0v) is 17.1.